The van der Waals surface area contributed by atoms with Gasteiger partial charge in [0.15, 0.2) is 0 Å². The summed E-state index contributed by atoms with van der Waals surface area (Å²) < 4.78 is 23.6. The molecule has 0 saturated heterocycles. The number of rotatable bonds is 3. The van der Waals surface area contributed by atoms with Crippen molar-refractivity contribution in [2.24, 2.45) is 11.5 Å². The molecule has 1 atom stereocenters. The van der Waals surface area contributed by atoms with Crippen LogP contribution in [0.2, 0.25) is 0 Å². The lowest BCUT2D eigenvalue weighted by molar-refractivity contribution is 0.0603. The third-order valence-corrected chi connectivity index (χ3v) is 1.18. The quantitative estimate of drug-likeness (QED) is 0.590. The highest BCUT2D eigenvalue weighted by Crippen LogP contribution is 2.14. The summed E-state index contributed by atoms with van der Waals surface area (Å²) in [5, 5.41) is 0. The van der Waals surface area contributed by atoms with Crippen LogP contribution in [0.4, 0.5) is 8.78 Å². The zero-order valence-corrected chi connectivity index (χ0v) is 5.40. The van der Waals surface area contributed by atoms with E-state index < -0.39 is 12.0 Å². The molecule has 0 heterocycles. The Morgan fingerprint density at radius 3 is 2.11 bits per heavy atom. The fourth-order valence-corrected chi connectivity index (χ4v) is 0.420. The first-order valence-corrected chi connectivity index (χ1v) is 2.78. The molecule has 0 aliphatic rings. The predicted octanol–water partition coefficient (Wildman–Crippen LogP) is 0.318. The molecule has 56 valence electrons. The SMILES string of the molecule is CC(N)(CCN)C(F)F. The van der Waals surface area contributed by atoms with E-state index in [1.165, 1.54) is 6.92 Å². The van der Waals surface area contributed by atoms with Gasteiger partial charge in [0.25, 0.3) is 6.43 Å². The topological polar surface area (TPSA) is 52.0 Å². The summed E-state index contributed by atoms with van der Waals surface area (Å²) in [6.07, 6.45) is -2.33. The molecule has 9 heavy (non-hydrogen) atoms. The van der Waals surface area contributed by atoms with Crippen LogP contribution >= 0.6 is 0 Å². The van der Waals surface area contributed by atoms with E-state index in [0.29, 0.717) is 0 Å². The van der Waals surface area contributed by atoms with E-state index in [1.54, 1.807) is 0 Å². The van der Waals surface area contributed by atoms with Gasteiger partial charge in [-0.2, -0.15) is 0 Å². The van der Waals surface area contributed by atoms with Crippen molar-refractivity contribution in [1.29, 1.82) is 0 Å². The van der Waals surface area contributed by atoms with E-state index in [9.17, 15) is 8.78 Å². The van der Waals surface area contributed by atoms with Gasteiger partial charge in [0.1, 0.15) is 0 Å². The molecular formula is C5H12F2N2. The van der Waals surface area contributed by atoms with Gasteiger partial charge in [-0.05, 0) is 19.9 Å². The first-order valence-electron chi connectivity index (χ1n) is 2.78. The van der Waals surface area contributed by atoms with E-state index in [-0.39, 0.29) is 13.0 Å². The van der Waals surface area contributed by atoms with E-state index in [2.05, 4.69) is 0 Å². The van der Waals surface area contributed by atoms with Gasteiger partial charge in [-0.1, -0.05) is 0 Å². The second-order valence-corrected chi connectivity index (χ2v) is 2.35. The fraction of sp³-hybridized carbons (Fsp3) is 1.00. The summed E-state index contributed by atoms with van der Waals surface area (Å²) in [6.45, 7) is 1.50. The van der Waals surface area contributed by atoms with Crippen LogP contribution in [0.5, 0.6) is 0 Å². The maximum Gasteiger partial charge on any atom is 0.256 e. The Morgan fingerprint density at radius 1 is 1.56 bits per heavy atom. The predicted molar refractivity (Wildman–Crippen MR) is 32.3 cm³/mol. The number of hydrogen-bond acceptors (Lipinski definition) is 2. The van der Waals surface area contributed by atoms with Crippen LogP contribution in [-0.2, 0) is 0 Å². The molecule has 0 fully saturated rings. The molecule has 0 bridgehead atoms. The van der Waals surface area contributed by atoms with Crippen LogP contribution in [0.15, 0.2) is 0 Å². The van der Waals surface area contributed by atoms with Gasteiger partial charge in [-0.3, -0.25) is 0 Å². The van der Waals surface area contributed by atoms with Crippen LogP contribution in [0.25, 0.3) is 0 Å². The average Bonchev–Trinajstić information content (AvgIpc) is 1.65. The largest absolute Gasteiger partial charge is 0.330 e. The Bertz CT molecular complexity index is 83.0. The lowest BCUT2D eigenvalue weighted by atomic mass is 10.0. The van der Waals surface area contributed by atoms with Crippen molar-refractivity contribution in [3.05, 3.63) is 0 Å². The minimum absolute atomic E-state index is 0.157. The molecule has 0 radical (unpaired) electrons. The standard InChI is InChI=1S/C5H12F2N2/c1-5(9,2-3-8)4(6)7/h4H,2-3,8-9H2,1H3. The highest BCUT2D eigenvalue weighted by molar-refractivity contribution is 4.81. The second kappa shape index (κ2) is 3.08. The summed E-state index contributed by atoms with van der Waals surface area (Å²) in [5.74, 6) is 0. The van der Waals surface area contributed by atoms with Gasteiger partial charge < -0.3 is 11.5 Å². The van der Waals surface area contributed by atoms with Crippen molar-refractivity contribution in [2.75, 3.05) is 6.54 Å². The summed E-state index contributed by atoms with van der Waals surface area (Å²) in [6, 6.07) is 0. The number of alkyl halides is 2. The molecule has 0 amide bonds. The van der Waals surface area contributed by atoms with Crippen molar-refractivity contribution in [1.82, 2.24) is 0 Å². The van der Waals surface area contributed by atoms with Crippen molar-refractivity contribution in [3.8, 4) is 0 Å². The maximum absolute atomic E-state index is 11.8. The Balaban J connectivity index is 3.70. The molecule has 0 aliphatic heterocycles. The van der Waals surface area contributed by atoms with Crippen LogP contribution in [0.3, 0.4) is 0 Å². The molecule has 4 heteroatoms. The normalized spacial score (nSPS) is 18.0. The zero-order chi connectivity index (χ0) is 7.49. The summed E-state index contributed by atoms with van der Waals surface area (Å²) >= 11 is 0. The molecular weight excluding hydrogens is 126 g/mol. The van der Waals surface area contributed by atoms with Crippen molar-refractivity contribution >= 4 is 0 Å². The molecule has 0 rings (SSSR count). The van der Waals surface area contributed by atoms with Crippen molar-refractivity contribution in [2.45, 2.75) is 25.3 Å². The van der Waals surface area contributed by atoms with Crippen LogP contribution in [0.1, 0.15) is 13.3 Å². The highest BCUT2D eigenvalue weighted by Gasteiger charge is 2.28. The first kappa shape index (κ1) is 8.78. The van der Waals surface area contributed by atoms with E-state index >= 15 is 0 Å². The van der Waals surface area contributed by atoms with Crippen LogP contribution in [-0.4, -0.2) is 18.5 Å². The molecule has 0 aliphatic carbocycles. The molecule has 4 N–H and O–H groups in total. The number of hydrogen-bond donors (Lipinski definition) is 2. The molecule has 0 aromatic carbocycles. The van der Waals surface area contributed by atoms with E-state index in [1.807, 2.05) is 0 Å². The smallest absolute Gasteiger partial charge is 0.256 e. The maximum atomic E-state index is 11.8. The first-order chi connectivity index (χ1) is 4.00. The average molecular weight is 138 g/mol. The third-order valence-electron chi connectivity index (χ3n) is 1.18. The van der Waals surface area contributed by atoms with Gasteiger partial charge in [0.05, 0.1) is 5.54 Å². The zero-order valence-electron chi connectivity index (χ0n) is 5.40. The minimum atomic E-state index is -2.49. The van der Waals surface area contributed by atoms with E-state index in [0.717, 1.165) is 0 Å². The van der Waals surface area contributed by atoms with Crippen LogP contribution in [0, 0.1) is 0 Å². The summed E-state index contributed by atoms with van der Waals surface area (Å²) in [5.41, 5.74) is 8.77. The van der Waals surface area contributed by atoms with Gasteiger partial charge >= 0.3 is 0 Å². The molecule has 1 unspecified atom stereocenters. The Hall–Kier alpha value is -0.220. The Labute approximate surface area is 53.2 Å². The van der Waals surface area contributed by atoms with Crippen molar-refractivity contribution < 1.29 is 8.78 Å². The summed E-state index contributed by atoms with van der Waals surface area (Å²) in [7, 11) is 0. The minimum Gasteiger partial charge on any atom is -0.330 e. The summed E-state index contributed by atoms with van der Waals surface area (Å²) in [4.78, 5) is 0. The molecule has 2 nitrogen and oxygen atoms in total. The van der Waals surface area contributed by atoms with Gasteiger partial charge in [0, 0.05) is 0 Å². The van der Waals surface area contributed by atoms with Gasteiger partial charge in [-0.25, -0.2) is 8.78 Å². The van der Waals surface area contributed by atoms with Gasteiger partial charge in [0.2, 0.25) is 0 Å². The second-order valence-electron chi connectivity index (χ2n) is 2.35. The fourth-order valence-electron chi connectivity index (χ4n) is 0.420. The van der Waals surface area contributed by atoms with Crippen LogP contribution < -0.4 is 11.5 Å². The van der Waals surface area contributed by atoms with Gasteiger partial charge in [-0.15, -0.1) is 0 Å². The molecule has 0 saturated carbocycles. The van der Waals surface area contributed by atoms with Crippen molar-refractivity contribution in [3.63, 3.8) is 0 Å². The van der Waals surface area contributed by atoms with E-state index in [4.69, 9.17) is 11.5 Å². The lowest BCUT2D eigenvalue weighted by Crippen LogP contribution is -2.45. The Kier molecular flexibility index (Phi) is 3.00. The lowest BCUT2D eigenvalue weighted by Gasteiger charge is -2.21. The Morgan fingerprint density at radius 2 is 2.00 bits per heavy atom. The number of nitrogens with two attached hydrogens (primary N) is 2. The highest BCUT2D eigenvalue weighted by atomic mass is 19.3. The molecule has 0 spiro atoms. The third kappa shape index (κ3) is 2.72. The monoisotopic (exact) mass is 138 g/mol. The molecule has 0 aromatic rings. The molecule has 0 aromatic heterocycles. The number of halogens is 2.